The van der Waals surface area contributed by atoms with Crippen LogP contribution in [0.25, 0.3) is 0 Å². The van der Waals surface area contributed by atoms with Gasteiger partial charge in [-0.2, -0.15) is 0 Å². The monoisotopic (exact) mass is 307 g/mol. The van der Waals surface area contributed by atoms with Crippen LogP contribution in [-0.4, -0.2) is 5.91 Å². The maximum absolute atomic E-state index is 11.9. The summed E-state index contributed by atoms with van der Waals surface area (Å²) in [6.45, 7) is 4.24. The van der Waals surface area contributed by atoms with Gasteiger partial charge >= 0.3 is 0 Å². The van der Waals surface area contributed by atoms with Crippen molar-refractivity contribution in [3.05, 3.63) is 57.5 Å². The van der Waals surface area contributed by atoms with Crippen LogP contribution in [0, 0.1) is 13.8 Å². The molecule has 4 heteroatoms. The van der Waals surface area contributed by atoms with Crippen molar-refractivity contribution in [3.8, 4) is 0 Å². The first kappa shape index (κ1) is 12.9. The van der Waals surface area contributed by atoms with E-state index in [4.69, 9.17) is 4.42 Å². The van der Waals surface area contributed by atoms with E-state index in [1.807, 2.05) is 38.1 Å². The van der Waals surface area contributed by atoms with Crippen LogP contribution >= 0.6 is 15.9 Å². The first-order valence-electron chi connectivity index (χ1n) is 5.66. The van der Waals surface area contributed by atoms with Gasteiger partial charge < -0.3 is 9.73 Å². The fourth-order valence-corrected chi connectivity index (χ4v) is 1.88. The van der Waals surface area contributed by atoms with Gasteiger partial charge in [-0.3, -0.25) is 4.79 Å². The lowest BCUT2D eigenvalue weighted by Gasteiger charge is -2.05. The molecular weight excluding hydrogens is 294 g/mol. The third-order valence-corrected chi connectivity index (χ3v) is 3.53. The Labute approximate surface area is 114 Å². The van der Waals surface area contributed by atoms with Crippen molar-refractivity contribution in [2.75, 3.05) is 0 Å². The molecular formula is C14H14BrNO2. The number of furan rings is 1. The highest BCUT2D eigenvalue weighted by atomic mass is 79.9. The summed E-state index contributed by atoms with van der Waals surface area (Å²) >= 11 is 3.41. The molecule has 1 N–H and O–H groups in total. The van der Waals surface area contributed by atoms with Gasteiger partial charge in [0.1, 0.15) is 11.5 Å². The molecule has 0 bridgehead atoms. The van der Waals surface area contributed by atoms with Gasteiger partial charge in [0.15, 0.2) is 0 Å². The largest absolute Gasteiger partial charge is 0.465 e. The standard InChI is InChI=1S/C14H14BrNO2/c1-9-7-11(4-6-13(9)15)14(17)16-8-12-5-3-10(2)18-12/h3-7H,8H2,1-2H3,(H,16,17). The molecule has 1 heterocycles. The summed E-state index contributed by atoms with van der Waals surface area (Å²) in [6, 6.07) is 9.27. The molecule has 2 aromatic rings. The normalized spacial score (nSPS) is 10.4. The molecule has 0 spiro atoms. The van der Waals surface area contributed by atoms with Crippen LogP contribution in [0.5, 0.6) is 0 Å². The van der Waals surface area contributed by atoms with Crippen LogP contribution in [0.2, 0.25) is 0 Å². The quantitative estimate of drug-likeness (QED) is 0.941. The fraction of sp³-hybridized carbons (Fsp3) is 0.214. The number of halogens is 1. The molecule has 0 atom stereocenters. The number of rotatable bonds is 3. The van der Waals surface area contributed by atoms with E-state index in [9.17, 15) is 4.79 Å². The summed E-state index contributed by atoms with van der Waals surface area (Å²) < 4.78 is 6.39. The molecule has 0 radical (unpaired) electrons. The highest BCUT2D eigenvalue weighted by molar-refractivity contribution is 9.10. The molecule has 0 fully saturated rings. The SMILES string of the molecule is Cc1ccc(CNC(=O)c2ccc(Br)c(C)c2)o1. The Morgan fingerprint density at radius 3 is 2.67 bits per heavy atom. The summed E-state index contributed by atoms with van der Waals surface area (Å²) in [5.74, 6) is 1.51. The second-order valence-electron chi connectivity index (χ2n) is 4.16. The van der Waals surface area contributed by atoms with E-state index >= 15 is 0 Å². The Kier molecular flexibility index (Phi) is 3.87. The minimum absolute atomic E-state index is 0.0975. The Bertz CT molecular complexity index is 575. The zero-order valence-corrected chi connectivity index (χ0v) is 11.9. The Balaban J connectivity index is 2.01. The zero-order chi connectivity index (χ0) is 13.1. The number of hydrogen-bond donors (Lipinski definition) is 1. The van der Waals surface area contributed by atoms with Gasteiger partial charge in [0, 0.05) is 10.0 Å². The number of nitrogens with one attached hydrogen (secondary N) is 1. The fourth-order valence-electron chi connectivity index (χ4n) is 1.64. The predicted octanol–water partition coefficient (Wildman–Crippen LogP) is 3.59. The molecule has 0 unspecified atom stereocenters. The molecule has 2 rings (SSSR count). The number of carbonyl (C=O) groups excluding carboxylic acids is 1. The molecule has 1 aromatic heterocycles. The molecule has 1 aromatic carbocycles. The van der Waals surface area contributed by atoms with Gasteiger partial charge in [-0.1, -0.05) is 15.9 Å². The lowest BCUT2D eigenvalue weighted by atomic mass is 10.1. The average Bonchev–Trinajstić information content (AvgIpc) is 2.75. The van der Waals surface area contributed by atoms with Gasteiger partial charge in [0.25, 0.3) is 5.91 Å². The van der Waals surface area contributed by atoms with E-state index in [0.29, 0.717) is 12.1 Å². The first-order valence-corrected chi connectivity index (χ1v) is 6.45. The van der Waals surface area contributed by atoms with Crippen molar-refractivity contribution >= 4 is 21.8 Å². The topological polar surface area (TPSA) is 42.2 Å². The molecule has 0 aliphatic rings. The van der Waals surface area contributed by atoms with Crippen molar-refractivity contribution in [1.29, 1.82) is 0 Å². The molecule has 18 heavy (non-hydrogen) atoms. The van der Waals surface area contributed by atoms with Crippen molar-refractivity contribution in [2.24, 2.45) is 0 Å². The van der Waals surface area contributed by atoms with Gasteiger partial charge in [-0.05, 0) is 49.7 Å². The summed E-state index contributed by atoms with van der Waals surface area (Å²) in [4.78, 5) is 11.9. The summed E-state index contributed by atoms with van der Waals surface area (Å²) in [5, 5.41) is 2.83. The smallest absolute Gasteiger partial charge is 0.251 e. The Hall–Kier alpha value is -1.55. The molecule has 1 amide bonds. The van der Waals surface area contributed by atoms with Crippen LogP contribution < -0.4 is 5.32 Å². The van der Waals surface area contributed by atoms with Crippen molar-refractivity contribution in [3.63, 3.8) is 0 Å². The average molecular weight is 308 g/mol. The maximum atomic E-state index is 11.9. The Morgan fingerprint density at radius 2 is 2.06 bits per heavy atom. The van der Waals surface area contributed by atoms with Gasteiger partial charge in [-0.25, -0.2) is 0 Å². The number of amides is 1. The lowest BCUT2D eigenvalue weighted by Crippen LogP contribution is -2.22. The van der Waals surface area contributed by atoms with Crippen LogP contribution in [-0.2, 0) is 6.54 Å². The summed E-state index contributed by atoms with van der Waals surface area (Å²) in [5.41, 5.74) is 1.69. The van der Waals surface area contributed by atoms with Gasteiger partial charge in [-0.15, -0.1) is 0 Å². The number of carbonyl (C=O) groups is 1. The van der Waals surface area contributed by atoms with Crippen molar-refractivity contribution in [1.82, 2.24) is 5.32 Å². The van der Waals surface area contributed by atoms with Gasteiger partial charge in [0.2, 0.25) is 0 Å². The van der Waals surface area contributed by atoms with Crippen LogP contribution in [0.15, 0.2) is 39.2 Å². The van der Waals surface area contributed by atoms with E-state index in [1.54, 1.807) is 6.07 Å². The molecule has 0 aliphatic carbocycles. The van der Waals surface area contributed by atoms with Crippen LogP contribution in [0.4, 0.5) is 0 Å². The third kappa shape index (κ3) is 3.01. The second kappa shape index (κ2) is 5.40. The van der Waals surface area contributed by atoms with E-state index in [1.165, 1.54) is 0 Å². The molecule has 0 aliphatic heterocycles. The second-order valence-corrected chi connectivity index (χ2v) is 5.01. The molecule has 0 saturated carbocycles. The highest BCUT2D eigenvalue weighted by Crippen LogP contribution is 2.17. The number of benzene rings is 1. The van der Waals surface area contributed by atoms with E-state index in [-0.39, 0.29) is 5.91 Å². The highest BCUT2D eigenvalue weighted by Gasteiger charge is 2.07. The third-order valence-electron chi connectivity index (χ3n) is 2.64. The van der Waals surface area contributed by atoms with E-state index < -0.39 is 0 Å². The minimum atomic E-state index is -0.0975. The van der Waals surface area contributed by atoms with E-state index in [0.717, 1.165) is 21.6 Å². The van der Waals surface area contributed by atoms with Gasteiger partial charge in [0.05, 0.1) is 6.54 Å². The minimum Gasteiger partial charge on any atom is -0.465 e. The number of hydrogen-bond acceptors (Lipinski definition) is 2. The molecule has 94 valence electrons. The van der Waals surface area contributed by atoms with Crippen molar-refractivity contribution < 1.29 is 9.21 Å². The maximum Gasteiger partial charge on any atom is 0.251 e. The van der Waals surface area contributed by atoms with Crippen molar-refractivity contribution in [2.45, 2.75) is 20.4 Å². The van der Waals surface area contributed by atoms with Crippen LogP contribution in [0.1, 0.15) is 27.4 Å². The Morgan fingerprint density at radius 1 is 1.28 bits per heavy atom. The molecule has 3 nitrogen and oxygen atoms in total. The van der Waals surface area contributed by atoms with E-state index in [2.05, 4.69) is 21.2 Å². The summed E-state index contributed by atoms with van der Waals surface area (Å²) in [7, 11) is 0. The predicted molar refractivity (Wildman–Crippen MR) is 73.5 cm³/mol. The first-order chi connectivity index (χ1) is 8.56. The number of aryl methyl sites for hydroxylation is 2. The molecule has 0 saturated heterocycles. The van der Waals surface area contributed by atoms with Crippen LogP contribution in [0.3, 0.4) is 0 Å². The lowest BCUT2D eigenvalue weighted by molar-refractivity contribution is 0.0948. The zero-order valence-electron chi connectivity index (χ0n) is 10.3. The summed E-state index contributed by atoms with van der Waals surface area (Å²) in [6.07, 6.45) is 0.